The minimum absolute atomic E-state index is 0.265. The number of hydrogen-bond donors (Lipinski definition) is 1. The minimum Gasteiger partial charge on any atom is -0.772 e. The second kappa shape index (κ2) is 11.6. The summed E-state index contributed by atoms with van der Waals surface area (Å²) in [5.41, 5.74) is 1.66. The Hall–Kier alpha value is -2.75. The van der Waals surface area contributed by atoms with E-state index in [2.05, 4.69) is 5.32 Å². The molecule has 0 aliphatic rings. The van der Waals surface area contributed by atoms with Crippen molar-refractivity contribution in [2.75, 3.05) is 39.6 Å². The van der Waals surface area contributed by atoms with E-state index >= 15 is 0 Å². The normalized spacial score (nSPS) is 12.5. The van der Waals surface area contributed by atoms with Crippen LogP contribution in [0, 0.1) is 0 Å². The largest absolute Gasteiger partial charge is 0.772 e. The highest BCUT2D eigenvalue weighted by molar-refractivity contribution is 7.78. The number of anilines is 1. The first-order chi connectivity index (χ1) is 14.9. The molecule has 1 unspecified atom stereocenters. The first-order valence-electron chi connectivity index (χ1n) is 8.98. The summed E-state index contributed by atoms with van der Waals surface area (Å²) in [5, 5.41) is 2.60. The van der Waals surface area contributed by atoms with Crippen LogP contribution in [0.3, 0.4) is 0 Å². The van der Waals surface area contributed by atoms with Crippen LogP contribution in [0.4, 0.5) is 5.69 Å². The van der Waals surface area contributed by atoms with Crippen LogP contribution in [0.25, 0.3) is 11.5 Å². The molecule has 2 aromatic carbocycles. The Kier molecular flexibility index (Phi) is 9.17. The SMILES string of the molecule is COC(=C(OC)c1ccccc1OC)c1cc(OC)c(NC(=O)CCl)cc1CS(=O)[O-]. The molecule has 8 nitrogen and oxygen atoms in total. The van der Waals surface area contributed by atoms with Gasteiger partial charge in [0.25, 0.3) is 0 Å². The molecule has 0 spiro atoms. The smallest absolute Gasteiger partial charge is 0.239 e. The molecule has 1 amide bonds. The summed E-state index contributed by atoms with van der Waals surface area (Å²) < 4.78 is 45.2. The van der Waals surface area contributed by atoms with Gasteiger partial charge in [0.05, 0.1) is 39.7 Å². The summed E-state index contributed by atoms with van der Waals surface area (Å²) in [6.45, 7) is 0. The predicted octanol–water partition coefficient (Wildman–Crippen LogP) is 3.38. The number of ether oxygens (including phenoxy) is 4. The number of methoxy groups -OCH3 is 4. The number of rotatable bonds is 10. The van der Waals surface area contributed by atoms with Crippen molar-refractivity contribution in [3.63, 3.8) is 0 Å². The summed E-state index contributed by atoms with van der Waals surface area (Å²) in [6.07, 6.45) is 0. The lowest BCUT2D eigenvalue weighted by molar-refractivity contribution is -0.113. The van der Waals surface area contributed by atoms with Gasteiger partial charge in [-0.2, -0.15) is 0 Å². The molecule has 0 saturated carbocycles. The van der Waals surface area contributed by atoms with Gasteiger partial charge in [-0.3, -0.25) is 9.00 Å². The van der Waals surface area contributed by atoms with Crippen molar-refractivity contribution < 1.29 is 32.5 Å². The van der Waals surface area contributed by atoms with Crippen LogP contribution in [-0.4, -0.2) is 49.0 Å². The Morgan fingerprint density at radius 1 is 1.00 bits per heavy atom. The summed E-state index contributed by atoms with van der Waals surface area (Å²) in [5.74, 6) is 0.367. The number of hydrogen-bond acceptors (Lipinski definition) is 7. The van der Waals surface area contributed by atoms with Gasteiger partial charge in [-0.05, 0) is 29.8 Å². The molecular weight excluding hydrogens is 446 g/mol. The summed E-state index contributed by atoms with van der Waals surface area (Å²) in [7, 11) is 5.87. The van der Waals surface area contributed by atoms with E-state index in [9.17, 15) is 13.6 Å². The molecule has 1 N–H and O–H groups in total. The maximum Gasteiger partial charge on any atom is 0.239 e. The van der Waals surface area contributed by atoms with Gasteiger partial charge in [0.1, 0.15) is 17.4 Å². The van der Waals surface area contributed by atoms with Crippen LogP contribution >= 0.6 is 11.6 Å². The van der Waals surface area contributed by atoms with Gasteiger partial charge in [0.2, 0.25) is 5.91 Å². The molecule has 0 saturated heterocycles. The highest BCUT2D eigenvalue weighted by Crippen LogP contribution is 2.38. The van der Waals surface area contributed by atoms with Gasteiger partial charge in [0.15, 0.2) is 11.5 Å². The van der Waals surface area contributed by atoms with E-state index < -0.39 is 17.0 Å². The molecule has 2 rings (SSSR count). The number of carbonyl (C=O) groups excluding carboxylic acids is 1. The van der Waals surface area contributed by atoms with E-state index in [1.54, 1.807) is 18.2 Å². The van der Waals surface area contributed by atoms with E-state index in [4.69, 9.17) is 30.5 Å². The Balaban J connectivity index is 2.80. The topological polar surface area (TPSA) is 106 Å². The third kappa shape index (κ3) is 5.90. The maximum atomic E-state index is 11.8. The van der Waals surface area contributed by atoms with Crippen molar-refractivity contribution in [1.29, 1.82) is 0 Å². The molecule has 2 aromatic rings. The Morgan fingerprint density at radius 2 is 1.61 bits per heavy atom. The lowest BCUT2D eigenvalue weighted by Crippen LogP contribution is -2.14. The van der Waals surface area contributed by atoms with Crippen LogP contribution < -0.4 is 14.8 Å². The Labute approximate surface area is 188 Å². The number of halogens is 1. The minimum atomic E-state index is -2.42. The maximum absolute atomic E-state index is 11.8. The molecule has 0 aliphatic carbocycles. The second-order valence-corrected chi connectivity index (χ2v) is 7.27. The van der Waals surface area contributed by atoms with Crippen molar-refractivity contribution in [3.05, 3.63) is 53.1 Å². The Morgan fingerprint density at radius 3 is 2.16 bits per heavy atom. The lowest BCUT2D eigenvalue weighted by atomic mass is 10.0. The zero-order valence-electron chi connectivity index (χ0n) is 17.5. The molecule has 0 aromatic heterocycles. The van der Waals surface area contributed by atoms with Gasteiger partial charge >= 0.3 is 0 Å². The average Bonchev–Trinajstić information content (AvgIpc) is 2.77. The number of nitrogens with one attached hydrogen (secondary N) is 1. The fourth-order valence-corrected chi connectivity index (χ4v) is 3.57. The average molecular weight is 469 g/mol. The molecule has 0 heterocycles. The fourth-order valence-electron chi connectivity index (χ4n) is 3.01. The number of carbonyl (C=O) groups is 1. The monoisotopic (exact) mass is 468 g/mol. The van der Waals surface area contributed by atoms with Gasteiger partial charge in [0, 0.05) is 11.3 Å². The first-order valence-corrected chi connectivity index (χ1v) is 10.8. The zero-order chi connectivity index (χ0) is 23.0. The molecule has 0 radical (unpaired) electrons. The highest BCUT2D eigenvalue weighted by Gasteiger charge is 2.22. The number of alkyl halides is 1. The van der Waals surface area contributed by atoms with E-state index in [-0.39, 0.29) is 23.1 Å². The third-order valence-electron chi connectivity index (χ3n) is 4.30. The fraction of sp³-hybridized carbons (Fsp3) is 0.286. The van der Waals surface area contributed by atoms with Crippen LogP contribution in [0.2, 0.25) is 0 Å². The molecule has 1 atom stereocenters. The predicted molar refractivity (Wildman–Crippen MR) is 119 cm³/mol. The Bertz CT molecular complexity index is 994. The molecule has 0 fully saturated rings. The summed E-state index contributed by atoms with van der Waals surface area (Å²) in [4.78, 5) is 11.8. The van der Waals surface area contributed by atoms with Crippen molar-refractivity contribution in [2.45, 2.75) is 5.75 Å². The molecule has 0 bridgehead atoms. The van der Waals surface area contributed by atoms with Gasteiger partial charge in [-0.15, -0.1) is 11.6 Å². The molecule has 10 heteroatoms. The number of para-hydroxylation sites is 1. The van der Waals surface area contributed by atoms with E-state index in [1.165, 1.54) is 34.5 Å². The summed E-state index contributed by atoms with van der Waals surface area (Å²) >= 11 is 3.16. The van der Waals surface area contributed by atoms with Crippen LogP contribution in [-0.2, 0) is 31.1 Å². The van der Waals surface area contributed by atoms with Crippen molar-refractivity contribution in [1.82, 2.24) is 0 Å². The second-order valence-electron chi connectivity index (χ2n) is 6.11. The van der Waals surface area contributed by atoms with E-state index in [0.29, 0.717) is 33.9 Å². The lowest BCUT2D eigenvalue weighted by Gasteiger charge is -2.21. The van der Waals surface area contributed by atoms with Gasteiger partial charge in [-0.25, -0.2) is 0 Å². The van der Waals surface area contributed by atoms with Crippen molar-refractivity contribution in [2.24, 2.45) is 0 Å². The standard InChI is InChI=1S/C21H24ClNO7S/c1-27-17-8-6-5-7-14(17)20(29-3)21(30-4)15-10-18(28-2)16(23-19(24)11-22)9-13(15)12-31(25)26/h5-10H,11-12H2,1-4H3,(H,23,24)(H,25,26)/p-1. The molecule has 31 heavy (non-hydrogen) atoms. The number of benzene rings is 2. The van der Waals surface area contributed by atoms with Crippen LogP contribution in [0.5, 0.6) is 11.5 Å². The van der Waals surface area contributed by atoms with Crippen LogP contribution in [0.15, 0.2) is 36.4 Å². The molecular formula is C21H23ClNO7S-. The highest BCUT2D eigenvalue weighted by atomic mass is 35.5. The third-order valence-corrected chi connectivity index (χ3v) is 5.09. The van der Waals surface area contributed by atoms with Crippen LogP contribution in [0.1, 0.15) is 16.7 Å². The van der Waals surface area contributed by atoms with Gasteiger partial charge < -0.3 is 28.8 Å². The molecule has 0 aliphatic heterocycles. The quantitative estimate of drug-likeness (QED) is 0.246. The summed E-state index contributed by atoms with van der Waals surface area (Å²) in [6, 6.07) is 10.2. The van der Waals surface area contributed by atoms with Crippen molar-refractivity contribution in [3.8, 4) is 11.5 Å². The molecule has 168 valence electrons. The van der Waals surface area contributed by atoms with Gasteiger partial charge in [-0.1, -0.05) is 23.2 Å². The van der Waals surface area contributed by atoms with E-state index in [1.807, 2.05) is 12.1 Å². The van der Waals surface area contributed by atoms with Crippen molar-refractivity contribution >= 4 is 45.8 Å². The number of amides is 1. The first kappa shape index (κ1) is 24.5. The zero-order valence-corrected chi connectivity index (χ0v) is 19.1. The van der Waals surface area contributed by atoms with E-state index in [0.717, 1.165) is 0 Å².